The molecule has 0 fully saturated rings. The second kappa shape index (κ2) is 6.78. The number of halogens is 2. The normalized spacial score (nSPS) is 12.2. The minimum absolute atomic E-state index is 0.249. The van der Waals surface area contributed by atoms with Crippen molar-refractivity contribution in [3.8, 4) is 5.75 Å². The van der Waals surface area contributed by atoms with Gasteiger partial charge in [-0.1, -0.05) is 15.9 Å². The highest BCUT2D eigenvalue weighted by Crippen LogP contribution is 2.27. The molecule has 4 nitrogen and oxygen atoms in total. The fourth-order valence-corrected chi connectivity index (χ4v) is 2.43. The van der Waals surface area contributed by atoms with Crippen LogP contribution in [0.15, 0.2) is 41.1 Å². The summed E-state index contributed by atoms with van der Waals surface area (Å²) in [7, 11) is 1.61. The average Bonchev–Trinajstić information content (AvgIpc) is 2.45. The summed E-state index contributed by atoms with van der Waals surface area (Å²) in [6.07, 6.45) is 3.32. The van der Waals surface area contributed by atoms with Crippen molar-refractivity contribution in [2.24, 2.45) is 5.84 Å². The first kappa shape index (κ1) is 14.9. The molecule has 1 heterocycles. The molecule has 1 unspecified atom stereocenters. The van der Waals surface area contributed by atoms with E-state index in [4.69, 9.17) is 10.6 Å². The number of rotatable bonds is 5. The van der Waals surface area contributed by atoms with Gasteiger partial charge in [-0.25, -0.2) is 4.39 Å². The number of benzene rings is 1. The monoisotopic (exact) mass is 339 g/mol. The number of nitrogens with zero attached hydrogens (tertiary/aromatic N) is 1. The molecule has 0 bridgehead atoms. The van der Waals surface area contributed by atoms with E-state index in [0.717, 1.165) is 22.0 Å². The Morgan fingerprint density at radius 2 is 2.20 bits per heavy atom. The highest BCUT2D eigenvalue weighted by atomic mass is 79.9. The van der Waals surface area contributed by atoms with Gasteiger partial charge in [0.05, 0.1) is 19.3 Å². The molecule has 1 aromatic heterocycles. The lowest BCUT2D eigenvalue weighted by Crippen LogP contribution is -2.29. The highest BCUT2D eigenvalue weighted by molar-refractivity contribution is 9.10. The second-order valence-electron chi connectivity index (χ2n) is 4.32. The van der Waals surface area contributed by atoms with Crippen LogP contribution >= 0.6 is 15.9 Å². The van der Waals surface area contributed by atoms with E-state index in [-0.39, 0.29) is 11.9 Å². The van der Waals surface area contributed by atoms with Crippen molar-refractivity contribution in [3.05, 3.63) is 58.1 Å². The van der Waals surface area contributed by atoms with Gasteiger partial charge in [-0.15, -0.1) is 0 Å². The maximum absolute atomic E-state index is 13.2. The standard InChI is InChI=1S/C14H15BrFN3O/c1-20-14-3-2-11(15)4-9(14)6-13(19-17)10-5-12(16)8-18-7-10/h2-5,7-8,13,19H,6,17H2,1H3. The van der Waals surface area contributed by atoms with Crippen LogP contribution in [0.2, 0.25) is 0 Å². The van der Waals surface area contributed by atoms with Crippen molar-refractivity contribution in [1.29, 1.82) is 0 Å². The summed E-state index contributed by atoms with van der Waals surface area (Å²) >= 11 is 3.43. The molecule has 1 aromatic carbocycles. The Labute approximate surface area is 125 Å². The molecule has 20 heavy (non-hydrogen) atoms. The van der Waals surface area contributed by atoms with Crippen LogP contribution < -0.4 is 16.0 Å². The summed E-state index contributed by atoms with van der Waals surface area (Å²) in [5, 5.41) is 0. The van der Waals surface area contributed by atoms with Gasteiger partial charge in [-0.05, 0) is 41.8 Å². The number of hydrogen-bond acceptors (Lipinski definition) is 4. The second-order valence-corrected chi connectivity index (χ2v) is 5.23. The molecular weight excluding hydrogens is 325 g/mol. The molecule has 0 radical (unpaired) electrons. The van der Waals surface area contributed by atoms with Gasteiger partial charge in [-0.3, -0.25) is 16.3 Å². The molecule has 1 atom stereocenters. The fraction of sp³-hybridized carbons (Fsp3) is 0.214. The van der Waals surface area contributed by atoms with E-state index in [1.54, 1.807) is 13.3 Å². The van der Waals surface area contributed by atoms with Gasteiger partial charge in [0.25, 0.3) is 0 Å². The molecule has 0 spiro atoms. The third-order valence-corrected chi connectivity index (χ3v) is 3.49. The molecule has 0 amide bonds. The van der Waals surface area contributed by atoms with E-state index >= 15 is 0 Å². The third-order valence-electron chi connectivity index (χ3n) is 3.00. The number of hydrazine groups is 1. The number of nitrogens with two attached hydrogens (primary N) is 1. The van der Waals surface area contributed by atoms with Crippen LogP contribution in [0.5, 0.6) is 5.75 Å². The zero-order valence-electron chi connectivity index (χ0n) is 10.9. The summed E-state index contributed by atoms with van der Waals surface area (Å²) in [4.78, 5) is 3.84. The van der Waals surface area contributed by atoms with Crippen molar-refractivity contribution >= 4 is 15.9 Å². The summed E-state index contributed by atoms with van der Waals surface area (Å²) < 4.78 is 19.5. The molecule has 106 valence electrons. The molecule has 3 N–H and O–H groups in total. The molecule has 0 aliphatic heterocycles. The van der Waals surface area contributed by atoms with Gasteiger partial charge < -0.3 is 4.74 Å². The van der Waals surface area contributed by atoms with E-state index in [9.17, 15) is 4.39 Å². The number of pyridine rings is 1. The van der Waals surface area contributed by atoms with Crippen molar-refractivity contribution in [3.63, 3.8) is 0 Å². The van der Waals surface area contributed by atoms with Crippen molar-refractivity contribution in [2.45, 2.75) is 12.5 Å². The number of nitrogens with one attached hydrogen (secondary N) is 1. The Hall–Kier alpha value is -1.50. The summed E-state index contributed by atoms with van der Waals surface area (Å²) in [5.74, 6) is 5.96. The van der Waals surface area contributed by atoms with Crippen LogP contribution in [0.3, 0.4) is 0 Å². The van der Waals surface area contributed by atoms with Gasteiger partial charge in [0.1, 0.15) is 11.6 Å². The first-order valence-electron chi connectivity index (χ1n) is 6.03. The zero-order valence-corrected chi connectivity index (χ0v) is 12.5. The quantitative estimate of drug-likeness (QED) is 0.649. The average molecular weight is 340 g/mol. The Kier molecular flexibility index (Phi) is 5.05. The van der Waals surface area contributed by atoms with Gasteiger partial charge in [0, 0.05) is 10.7 Å². The molecule has 2 aromatic rings. The first-order valence-corrected chi connectivity index (χ1v) is 6.82. The van der Waals surface area contributed by atoms with Gasteiger partial charge >= 0.3 is 0 Å². The molecular formula is C14H15BrFN3O. The number of aromatic nitrogens is 1. The largest absolute Gasteiger partial charge is 0.496 e. The minimum atomic E-state index is -0.385. The minimum Gasteiger partial charge on any atom is -0.496 e. The maximum Gasteiger partial charge on any atom is 0.141 e. The van der Waals surface area contributed by atoms with Crippen LogP contribution in [0.25, 0.3) is 0 Å². The van der Waals surface area contributed by atoms with E-state index in [2.05, 4.69) is 26.3 Å². The fourth-order valence-electron chi connectivity index (χ4n) is 2.02. The lowest BCUT2D eigenvalue weighted by Gasteiger charge is -2.18. The number of methoxy groups -OCH3 is 1. The Morgan fingerprint density at radius 3 is 2.85 bits per heavy atom. The molecule has 6 heteroatoms. The van der Waals surface area contributed by atoms with Crippen LogP contribution in [0.1, 0.15) is 17.2 Å². The Morgan fingerprint density at radius 1 is 1.40 bits per heavy atom. The van der Waals surface area contributed by atoms with Gasteiger partial charge in [0.2, 0.25) is 0 Å². The van der Waals surface area contributed by atoms with Crippen molar-refractivity contribution < 1.29 is 9.13 Å². The van der Waals surface area contributed by atoms with Crippen LogP contribution in [-0.2, 0) is 6.42 Å². The topological polar surface area (TPSA) is 60.2 Å². The molecule has 0 aliphatic carbocycles. The van der Waals surface area contributed by atoms with E-state index in [0.29, 0.717) is 12.0 Å². The van der Waals surface area contributed by atoms with E-state index in [1.165, 1.54) is 6.07 Å². The van der Waals surface area contributed by atoms with Crippen molar-refractivity contribution in [2.75, 3.05) is 7.11 Å². The number of ether oxygens (including phenoxy) is 1. The lowest BCUT2D eigenvalue weighted by molar-refractivity contribution is 0.405. The molecule has 0 saturated heterocycles. The lowest BCUT2D eigenvalue weighted by atomic mass is 10.00. The van der Waals surface area contributed by atoms with Crippen molar-refractivity contribution in [1.82, 2.24) is 10.4 Å². The van der Waals surface area contributed by atoms with Gasteiger partial charge in [-0.2, -0.15) is 0 Å². The molecule has 0 saturated carbocycles. The Bertz CT molecular complexity index is 594. The smallest absolute Gasteiger partial charge is 0.141 e. The van der Waals surface area contributed by atoms with Gasteiger partial charge in [0.15, 0.2) is 0 Å². The molecule has 0 aliphatic rings. The third kappa shape index (κ3) is 3.53. The first-order chi connectivity index (χ1) is 9.63. The van der Waals surface area contributed by atoms with Crippen LogP contribution in [0, 0.1) is 5.82 Å². The predicted molar refractivity (Wildman–Crippen MR) is 78.7 cm³/mol. The summed E-state index contributed by atoms with van der Waals surface area (Å²) in [6, 6.07) is 6.90. The van der Waals surface area contributed by atoms with E-state index < -0.39 is 0 Å². The summed E-state index contributed by atoms with van der Waals surface area (Å²) in [5.41, 5.74) is 4.34. The Balaban J connectivity index is 2.28. The van der Waals surface area contributed by atoms with Crippen LogP contribution in [-0.4, -0.2) is 12.1 Å². The molecule has 2 rings (SSSR count). The SMILES string of the molecule is COc1ccc(Br)cc1CC(NN)c1cncc(F)c1. The van der Waals surface area contributed by atoms with Crippen LogP contribution in [0.4, 0.5) is 4.39 Å². The maximum atomic E-state index is 13.2. The zero-order chi connectivity index (χ0) is 14.5. The summed E-state index contributed by atoms with van der Waals surface area (Å²) in [6.45, 7) is 0. The highest BCUT2D eigenvalue weighted by Gasteiger charge is 2.15. The predicted octanol–water partition coefficient (Wildman–Crippen LogP) is 2.74. The van der Waals surface area contributed by atoms with E-state index in [1.807, 2.05) is 18.2 Å². The number of hydrogen-bond donors (Lipinski definition) is 2.